The number of hydrogen-bond donors (Lipinski definition) is 1. The third-order valence-corrected chi connectivity index (χ3v) is 4.89. The normalized spacial score (nSPS) is 12.7. The molecule has 108 valence electrons. The number of rotatable bonds is 5. The van der Waals surface area contributed by atoms with Crippen molar-refractivity contribution in [2.24, 2.45) is 0 Å². The van der Waals surface area contributed by atoms with Gasteiger partial charge in [0.25, 0.3) is 0 Å². The molecule has 2 aromatic rings. The van der Waals surface area contributed by atoms with Gasteiger partial charge in [0.15, 0.2) is 0 Å². The van der Waals surface area contributed by atoms with E-state index in [-0.39, 0.29) is 22.5 Å². The number of benzene rings is 1. The Kier molecular flexibility index (Phi) is 5.55. The van der Waals surface area contributed by atoms with Crippen molar-refractivity contribution in [3.63, 3.8) is 0 Å². The molecule has 20 heavy (non-hydrogen) atoms. The second-order valence-corrected chi connectivity index (χ2v) is 6.88. The number of thiophene rings is 1. The van der Waals surface area contributed by atoms with Gasteiger partial charge in [-0.1, -0.05) is 18.5 Å². The highest BCUT2D eigenvalue weighted by molar-refractivity contribution is 9.10. The summed E-state index contributed by atoms with van der Waals surface area (Å²) in [5, 5.41) is 3.24. The molecule has 0 spiro atoms. The zero-order valence-corrected chi connectivity index (χ0v) is 13.9. The molecule has 6 heteroatoms. The van der Waals surface area contributed by atoms with Crippen molar-refractivity contribution >= 4 is 38.9 Å². The molecule has 1 aromatic carbocycles. The van der Waals surface area contributed by atoms with E-state index >= 15 is 0 Å². The molecule has 1 heterocycles. The van der Waals surface area contributed by atoms with Gasteiger partial charge in [-0.2, -0.15) is 0 Å². The topological polar surface area (TPSA) is 12.0 Å². The first-order chi connectivity index (χ1) is 9.52. The van der Waals surface area contributed by atoms with Crippen LogP contribution in [-0.2, 0) is 6.42 Å². The van der Waals surface area contributed by atoms with Crippen LogP contribution in [0, 0.1) is 11.6 Å². The highest BCUT2D eigenvalue weighted by Gasteiger charge is 2.19. The lowest BCUT2D eigenvalue weighted by molar-refractivity contribution is 0.501. The monoisotopic (exact) mass is 379 g/mol. The van der Waals surface area contributed by atoms with Crippen molar-refractivity contribution in [1.29, 1.82) is 0 Å². The lowest BCUT2D eigenvalue weighted by Gasteiger charge is -2.17. The largest absolute Gasteiger partial charge is 0.309 e. The third-order valence-electron chi connectivity index (χ3n) is 2.94. The van der Waals surface area contributed by atoms with E-state index in [1.165, 1.54) is 23.5 Å². The smallest absolute Gasteiger partial charge is 0.143 e. The summed E-state index contributed by atoms with van der Waals surface area (Å²) in [6.07, 6.45) is 0.238. The van der Waals surface area contributed by atoms with E-state index in [0.29, 0.717) is 10.9 Å². The Morgan fingerprint density at radius 3 is 2.65 bits per heavy atom. The van der Waals surface area contributed by atoms with Crippen LogP contribution in [0.4, 0.5) is 8.78 Å². The van der Waals surface area contributed by atoms with E-state index in [0.717, 1.165) is 4.88 Å². The molecule has 0 radical (unpaired) electrons. The van der Waals surface area contributed by atoms with Gasteiger partial charge in [-0.25, -0.2) is 8.78 Å². The summed E-state index contributed by atoms with van der Waals surface area (Å²) in [7, 11) is 0. The number of hydrogen-bond acceptors (Lipinski definition) is 2. The van der Waals surface area contributed by atoms with E-state index in [4.69, 9.17) is 11.6 Å². The summed E-state index contributed by atoms with van der Waals surface area (Å²) < 4.78 is 28.8. The maximum Gasteiger partial charge on any atom is 0.143 e. The van der Waals surface area contributed by atoms with Gasteiger partial charge in [0.1, 0.15) is 11.6 Å². The van der Waals surface area contributed by atoms with Crippen LogP contribution in [0.15, 0.2) is 28.7 Å². The van der Waals surface area contributed by atoms with Crippen molar-refractivity contribution in [1.82, 2.24) is 5.32 Å². The van der Waals surface area contributed by atoms with Gasteiger partial charge in [-0.15, -0.1) is 11.3 Å². The Labute approximate surface area is 134 Å². The van der Waals surface area contributed by atoms with Crippen molar-refractivity contribution in [3.8, 4) is 0 Å². The van der Waals surface area contributed by atoms with E-state index in [1.54, 1.807) is 6.07 Å². The quantitative estimate of drug-likeness (QED) is 0.691. The van der Waals surface area contributed by atoms with Gasteiger partial charge in [-0.3, -0.25) is 0 Å². The van der Waals surface area contributed by atoms with E-state index in [1.807, 2.05) is 13.0 Å². The minimum absolute atomic E-state index is 0.0786. The Morgan fingerprint density at radius 2 is 2.05 bits per heavy atom. The molecule has 0 aliphatic carbocycles. The molecular weight excluding hydrogens is 368 g/mol. The summed E-state index contributed by atoms with van der Waals surface area (Å²) in [5.41, 5.74) is 0.0786. The van der Waals surface area contributed by atoms with Crippen molar-refractivity contribution in [3.05, 3.63) is 55.1 Å². The van der Waals surface area contributed by atoms with Crippen molar-refractivity contribution < 1.29 is 8.78 Å². The highest BCUT2D eigenvalue weighted by atomic mass is 79.9. The lowest BCUT2D eigenvalue weighted by atomic mass is 10.0. The molecule has 0 saturated carbocycles. The van der Waals surface area contributed by atoms with Crippen LogP contribution < -0.4 is 5.32 Å². The number of halogens is 4. The second-order valence-electron chi connectivity index (χ2n) is 4.28. The van der Waals surface area contributed by atoms with Gasteiger partial charge in [-0.05, 0) is 53.2 Å². The molecule has 0 bridgehead atoms. The van der Waals surface area contributed by atoms with Crippen LogP contribution in [0.25, 0.3) is 0 Å². The molecule has 0 fully saturated rings. The van der Waals surface area contributed by atoms with Crippen LogP contribution >= 0.6 is 38.9 Å². The lowest BCUT2D eigenvalue weighted by Crippen LogP contribution is -2.23. The molecule has 1 N–H and O–H groups in total. The second kappa shape index (κ2) is 6.98. The maximum atomic E-state index is 14.0. The van der Waals surface area contributed by atoms with Crippen LogP contribution in [0.3, 0.4) is 0 Å². The Hall–Kier alpha value is -0.490. The first kappa shape index (κ1) is 15.9. The fourth-order valence-electron chi connectivity index (χ4n) is 2.00. The summed E-state index contributed by atoms with van der Waals surface area (Å²) in [6.45, 7) is 2.66. The SMILES string of the molecule is CCNC(Cc1c(F)ccc(Br)c1F)c1ccc(Cl)s1. The fraction of sp³-hybridized carbons (Fsp3) is 0.286. The molecule has 1 unspecified atom stereocenters. The van der Waals surface area contributed by atoms with Gasteiger partial charge >= 0.3 is 0 Å². The molecule has 0 saturated heterocycles. The molecule has 1 nitrogen and oxygen atoms in total. The average Bonchev–Trinajstić information content (AvgIpc) is 2.84. The molecule has 1 aromatic heterocycles. The van der Waals surface area contributed by atoms with Gasteiger partial charge in [0, 0.05) is 16.5 Å². The average molecular weight is 381 g/mol. The molecule has 0 aliphatic rings. The summed E-state index contributed by atoms with van der Waals surface area (Å²) in [6, 6.07) is 6.16. The van der Waals surface area contributed by atoms with E-state index in [9.17, 15) is 8.78 Å². The predicted molar refractivity (Wildman–Crippen MR) is 83.5 cm³/mol. The van der Waals surface area contributed by atoms with Crippen molar-refractivity contribution in [2.75, 3.05) is 6.54 Å². The van der Waals surface area contributed by atoms with E-state index in [2.05, 4.69) is 21.2 Å². The van der Waals surface area contributed by atoms with Crippen LogP contribution in [0.1, 0.15) is 23.4 Å². The molecule has 0 aliphatic heterocycles. The summed E-state index contributed by atoms with van der Waals surface area (Å²) >= 11 is 10.4. The Morgan fingerprint density at radius 1 is 1.30 bits per heavy atom. The minimum atomic E-state index is -0.546. The Bertz CT molecular complexity index is 603. The third kappa shape index (κ3) is 3.58. The summed E-state index contributed by atoms with van der Waals surface area (Å²) in [4.78, 5) is 0.968. The van der Waals surface area contributed by atoms with Crippen LogP contribution in [0.2, 0.25) is 4.34 Å². The zero-order valence-electron chi connectivity index (χ0n) is 10.7. The molecular formula is C14H13BrClF2NS. The first-order valence-corrected chi connectivity index (χ1v) is 8.12. The molecule has 2 rings (SSSR count). The minimum Gasteiger partial charge on any atom is -0.309 e. The summed E-state index contributed by atoms with van der Waals surface area (Å²) in [5.74, 6) is -1.08. The van der Waals surface area contributed by atoms with Gasteiger partial charge in [0.2, 0.25) is 0 Å². The Balaban J connectivity index is 2.31. The number of likely N-dealkylation sites (N-methyl/N-ethyl adjacent to an activating group) is 1. The first-order valence-electron chi connectivity index (χ1n) is 6.14. The molecule has 0 amide bonds. The maximum absolute atomic E-state index is 14.0. The standard InChI is InChI=1S/C14H13BrClF2NS/c1-2-19-11(12-5-6-13(16)20-12)7-8-10(17)4-3-9(15)14(8)18/h3-6,11,19H,2,7H2,1H3. The van der Waals surface area contributed by atoms with Gasteiger partial charge in [0.05, 0.1) is 8.81 Å². The predicted octanol–water partition coefficient (Wildman–Crippen LogP) is 5.34. The number of nitrogens with one attached hydrogen (secondary N) is 1. The zero-order chi connectivity index (χ0) is 14.7. The van der Waals surface area contributed by atoms with Crippen molar-refractivity contribution in [2.45, 2.75) is 19.4 Å². The highest BCUT2D eigenvalue weighted by Crippen LogP contribution is 2.31. The fourth-order valence-corrected chi connectivity index (χ4v) is 3.50. The van der Waals surface area contributed by atoms with Gasteiger partial charge < -0.3 is 5.32 Å². The van der Waals surface area contributed by atoms with E-state index < -0.39 is 11.6 Å². The molecule has 1 atom stereocenters. The van der Waals surface area contributed by atoms with Crippen LogP contribution in [0.5, 0.6) is 0 Å². The van der Waals surface area contributed by atoms with Crippen LogP contribution in [-0.4, -0.2) is 6.54 Å².